The lowest BCUT2D eigenvalue weighted by molar-refractivity contribution is 0.0137. The van der Waals surface area contributed by atoms with Gasteiger partial charge in [-0.25, -0.2) is 4.79 Å². The maximum atomic E-state index is 12.4. The first-order valence-corrected chi connectivity index (χ1v) is 11.1. The van der Waals surface area contributed by atoms with Crippen LogP contribution in [0.5, 0.6) is 0 Å². The number of benzene rings is 1. The van der Waals surface area contributed by atoms with Crippen LogP contribution in [0.2, 0.25) is 0 Å². The molecule has 3 rings (SSSR count). The van der Waals surface area contributed by atoms with Crippen LogP contribution in [0.1, 0.15) is 57.0 Å². The molecule has 2 atom stereocenters. The molecular weight excluding hydrogens is 394 g/mol. The third kappa shape index (κ3) is 6.12. The van der Waals surface area contributed by atoms with Gasteiger partial charge in [0.05, 0.1) is 12.6 Å². The monoisotopic (exact) mass is 429 g/mol. The maximum absolute atomic E-state index is 12.4. The highest BCUT2D eigenvalue weighted by Gasteiger charge is 2.36. The highest BCUT2D eigenvalue weighted by molar-refractivity contribution is 5.94. The van der Waals surface area contributed by atoms with Gasteiger partial charge in [-0.05, 0) is 51.8 Å². The number of fused-ring (bicyclic) bond motifs is 1. The zero-order chi connectivity index (χ0) is 22.6. The number of hydrogen-bond acceptors (Lipinski definition) is 6. The fourth-order valence-electron chi connectivity index (χ4n) is 3.64. The van der Waals surface area contributed by atoms with Gasteiger partial charge >= 0.3 is 6.09 Å². The second-order valence-corrected chi connectivity index (χ2v) is 9.27. The van der Waals surface area contributed by atoms with Crippen LogP contribution in [-0.4, -0.2) is 71.6 Å². The zero-order valence-corrected chi connectivity index (χ0v) is 19.3. The van der Waals surface area contributed by atoms with Gasteiger partial charge in [0, 0.05) is 37.8 Å². The Balaban J connectivity index is 1.52. The number of nitrogens with one attached hydrogen (secondary N) is 2. The van der Waals surface area contributed by atoms with Crippen LogP contribution in [0, 0.1) is 0 Å². The van der Waals surface area contributed by atoms with Crippen molar-refractivity contribution in [3.05, 3.63) is 35.4 Å². The van der Waals surface area contributed by atoms with Gasteiger partial charge in [-0.3, -0.25) is 9.79 Å². The van der Waals surface area contributed by atoms with E-state index < -0.39 is 5.60 Å². The largest absolute Gasteiger partial charge is 0.444 e. The lowest BCUT2D eigenvalue weighted by atomic mass is 10.1. The Morgan fingerprint density at radius 3 is 2.77 bits per heavy atom. The van der Waals surface area contributed by atoms with Gasteiger partial charge in [0.15, 0.2) is 5.96 Å². The molecule has 1 aromatic rings. The predicted octanol–water partition coefficient (Wildman–Crippen LogP) is 2.60. The average Bonchev–Trinajstić information content (AvgIpc) is 3.13. The number of ether oxygens (including phenoxy) is 1. The van der Waals surface area contributed by atoms with Crippen LogP contribution in [0.4, 0.5) is 4.79 Å². The molecule has 1 fully saturated rings. The summed E-state index contributed by atoms with van der Waals surface area (Å²) in [5.41, 5.74) is 1.19. The summed E-state index contributed by atoms with van der Waals surface area (Å²) in [5, 5.41) is 6.41. The topological polar surface area (TPSA) is 86.3 Å². The first-order chi connectivity index (χ1) is 14.7. The Morgan fingerprint density at radius 2 is 2.06 bits per heavy atom. The highest BCUT2D eigenvalue weighted by Crippen LogP contribution is 2.19. The molecule has 8 heteroatoms. The van der Waals surface area contributed by atoms with Crippen molar-refractivity contribution in [2.75, 3.05) is 26.2 Å². The summed E-state index contributed by atoms with van der Waals surface area (Å²) >= 11 is 0. The third-order valence-corrected chi connectivity index (χ3v) is 5.49. The van der Waals surface area contributed by atoms with Crippen molar-refractivity contribution in [3.63, 3.8) is 0 Å². The predicted molar refractivity (Wildman–Crippen MR) is 121 cm³/mol. The fourth-order valence-corrected chi connectivity index (χ4v) is 3.64. The van der Waals surface area contributed by atoms with Crippen molar-refractivity contribution >= 4 is 18.0 Å². The second-order valence-electron chi connectivity index (χ2n) is 9.27. The summed E-state index contributed by atoms with van der Waals surface area (Å²) in [7, 11) is 0. The molecule has 2 aliphatic rings. The van der Waals surface area contributed by atoms with E-state index in [1.54, 1.807) is 4.90 Å². The van der Waals surface area contributed by atoms with E-state index >= 15 is 0 Å². The van der Waals surface area contributed by atoms with E-state index in [1.165, 1.54) is 0 Å². The minimum Gasteiger partial charge on any atom is -0.444 e. The number of aliphatic imine (C=N–C) groups is 1. The fraction of sp³-hybridized carbons (Fsp3) is 0.609. The van der Waals surface area contributed by atoms with Gasteiger partial charge in [-0.2, -0.15) is 0 Å². The second kappa shape index (κ2) is 9.58. The third-order valence-electron chi connectivity index (χ3n) is 5.49. The molecule has 2 heterocycles. The van der Waals surface area contributed by atoms with Crippen LogP contribution < -0.4 is 10.6 Å². The van der Waals surface area contributed by atoms with E-state index in [2.05, 4.69) is 20.5 Å². The Bertz CT molecular complexity index is 833. The standard InChI is InChI=1S/C23H35N5O3/c1-6-16(2)26-20(29)18-9-7-8-17(12-18)13-24-21-25-14-19-15-27(10-11-28(19)21)22(30)31-23(3,4)5/h7-9,12,16,19H,6,10-11,13-15H2,1-5H3,(H,24,25)(H,26,29). The molecule has 170 valence electrons. The molecule has 2 aliphatic heterocycles. The molecule has 8 nitrogen and oxygen atoms in total. The number of hydrogen-bond donors (Lipinski definition) is 2. The molecule has 0 aliphatic carbocycles. The van der Waals surface area contributed by atoms with Crippen molar-refractivity contribution in [3.8, 4) is 0 Å². The van der Waals surface area contributed by atoms with Gasteiger partial charge < -0.3 is 25.2 Å². The molecule has 0 bridgehead atoms. The Morgan fingerprint density at radius 1 is 1.29 bits per heavy atom. The SMILES string of the molecule is CCC(C)NC(=O)c1cccc(CNC2=NCC3CN(C(=O)OC(C)(C)C)CCN23)c1. The van der Waals surface area contributed by atoms with Crippen molar-refractivity contribution in [2.24, 2.45) is 4.99 Å². The lowest BCUT2D eigenvalue weighted by Crippen LogP contribution is -2.57. The average molecular weight is 430 g/mol. The summed E-state index contributed by atoms with van der Waals surface area (Å²) in [5.74, 6) is 0.802. The van der Waals surface area contributed by atoms with E-state index in [-0.39, 0.29) is 24.1 Å². The van der Waals surface area contributed by atoms with Crippen LogP contribution in [0.25, 0.3) is 0 Å². The van der Waals surface area contributed by atoms with Crippen molar-refractivity contribution in [1.29, 1.82) is 0 Å². The first kappa shape index (κ1) is 22.9. The molecule has 2 unspecified atom stereocenters. The number of rotatable bonds is 5. The van der Waals surface area contributed by atoms with Crippen molar-refractivity contribution in [2.45, 2.75) is 65.3 Å². The van der Waals surface area contributed by atoms with E-state index in [4.69, 9.17) is 4.74 Å². The normalized spacial score (nSPS) is 19.4. The van der Waals surface area contributed by atoms with Crippen molar-refractivity contribution in [1.82, 2.24) is 20.4 Å². The molecule has 2 N–H and O–H groups in total. The van der Waals surface area contributed by atoms with E-state index in [1.807, 2.05) is 58.9 Å². The summed E-state index contributed by atoms with van der Waals surface area (Å²) in [6, 6.07) is 7.97. The molecule has 1 saturated heterocycles. The number of nitrogens with zero attached hydrogens (tertiary/aromatic N) is 3. The van der Waals surface area contributed by atoms with Gasteiger partial charge in [0.25, 0.3) is 5.91 Å². The zero-order valence-electron chi connectivity index (χ0n) is 19.3. The molecule has 0 saturated carbocycles. The minimum atomic E-state index is -0.493. The van der Waals surface area contributed by atoms with Gasteiger partial charge in [0.2, 0.25) is 0 Å². The van der Waals surface area contributed by atoms with Crippen LogP contribution in [0.15, 0.2) is 29.3 Å². The van der Waals surface area contributed by atoms with E-state index in [9.17, 15) is 9.59 Å². The van der Waals surface area contributed by atoms with Gasteiger partial charge in [0.1, 0.15) is 5.60 Å². The summed E-state index contributed by atoms with van der Waals surface area (Å²) in [4.78, 5) is 33.4. The smallest absolute Gasteiger partial charge is 0.410 e. The Labute approximate surface area is 185 Å². The van der Waals surface area contributed by atoms with Crippen LogP contribution in [0.3, 0.4) is 0 Å². The van der Waals surface area contributed by atoms with Crippen LogP contribution >= 0.6 is 0 Å². The van der Waals surface area contributed by atoms with Gasteiger partial charge in [-0.15, -0.1) is 0 Å². The van der Waals surface area contributed by atoms with Crippen molar-refractivity contribution < 1.29 is 14.3 Å². The van der Waals surface area contributed by atoms with E-state index in [0.29, 0.717) is 38.3 Å². The molecule has 0 radical (unpaired) electrons. The van der Waals surface area contributed by atoms with E-state index in [0.717, 1.165) is 17.9 Å². The lowest BCUT2D eigenvalue weighted by Gasteiger charge is -2.39. The summed E-state index contributed by atoms with van der Waals surface area (Å²) in [6.07, 6.45) is 0.635. The highest BCUT2D eigenvalue weighted by atomic mass is 16.6. The number of carbonyl (C=O) groups excluding carboxylic acids is 2. The minimum absolute atomic E-state index is 0.0484. The molecule has 2 amide bonds. The number of amides is 2. The Hall–Kier alpha value is -2.77. The molecule has 1 aromatic carbocycles. The summed E-state index contributed by atoms with van der Waals surface area (Å²) < 4.78 is 5.50. The summed E-state index contributed by atoms with van der Waals surface area (Å²) in [6.45, 7) is 12.9. The van der Waals surface area contributed by atoms with Gasteiger partial charge in [-0.1, -0.05) is 19.1 Å². The maximum Gasteiger partial charge on any atom is 0.410 e. The number of carbonyl (C=O) groups is 2. The first-order valence-electron chi connectivity index (χ1n) is 11.1. The molecular formula is C23H35N5O3. The quantitative estimate of drug-likeness (QED) is 0.751. The molecule has 0 aromatic heterocycles. The molecule has 31 heavy (non-hydrogen) atoms. The Kier molecular flexibility index (Phi) is 7.08. The number of piperazine rings is 1. The van der Waals surface area contributed by atoms with Crippen LogP contribution in [-0.2, 0) is 11.3 Å². The number of guanidine groups is 1. The molecule has 0 spiro atoms.